The van der Waals surface area contributed by atoms with Crippen LogP contribution in [0.25, 0.3) is 0 Å². The number of likely N-dealkylation sites (tertiary alicyclic amines) is 1. The number of methoxy groups -OCH3 is 2. The Morgan fingerprint density at radius 3 is 2.88 bits per heavy atom. The maximum absolute atomic E-state index is 12.5. The summed E-state index contributed by atoms with van der Waals surface area (Å²) in [6.45, 7) is 1.52. The highest BCUT2D eigenvalue weighted by molar-refractivity contribution is 5.77. The van der Waals surface area contributed by atoms with Crippen molar-refractivity contribution in [1.29, 1.82) is 0 Å². The second-order valence-electron chi connectivity index (χ2n) is 6.29. The first-order valence-corrected chi connectivity index (χ1v) is 8.60. The zero-order valence-corrected chi connectivity index (χ0v) is 14.8. The minimum Gasteiger partial charge on any atom is -0.497 e. The molecule has 5 nitrogen and oxygen atoms in total. The average Bonchev–Trinajstić information content (AvgIpc) is 3.16. The Bertz CT molecular complexity index is 718. The van der Waals surface area contributed by atoms with E-state index in [1.165, 1.54) is 0 Å². The van der Waals surface area contributed by atoms with Gasteiger partial charge in [-0.05, 0) is 42.7 Å². The molecule has 0 N–H and O–H groups in total. The molecule has 1 aromatic carbocycles. The molecule has 1 fully saturated rings. The van der Waals surface area contributed by atoms with E-state index in [4.69, 9.17) is 9.47 Å². The highest BCUT2D eigenvalue weighted by Gasteiger charge is 2.29. The summed E-state index contributed by atoms with van der Waals surface area (Å²) < 4.78 is 10.8. The maximum Gasteiger partial charge on any atom is 0.222 e. The number of ether oxygens (including phenoxy) is 2. The lowest BCUT2D eigenvalue weighted by molar-refractivity contribution is -0.130. The summed E-state index contributed by atoms with van der Waals surface area (Å²) in [6.07, 6.45) is 5.77. The Morgan fingerprint density at radius 1 is 1.28 bits per heavy atom. The summed E-state index contributed by atoms with van der Waals surface area (Å²) in [4.78, 5) is 18.6. The molecule has 3 rings (SSSR count). The molecule has 2 heterocycles. The Hall–Kier alpha value is -2.56. The van der Waals surface area contributed by atoms with Crippen molar-refractivity contribution >= 4 is 5.91 Å². The van der Waals surface area contributed by atoms with Crippen molar-refractivity contribution in [1.82, 2.24) is 9.88 Å². The van der Waals surface area contributed by atoms with Gasteiger partial charge in [0.15, 0.2) is 0 Å². The number of hydrogen-bond donors (Lipinski definition) is 0. The van der Waals surface area contributed by atoms with Gasteiger partial charge in [-0.15, -0.1) is 0 Å². The van der Waals surface area contributed by atoms with Crippen LogP contribution in [0.4, 0.5) is 0 Å². The summed E-state index contributed by atoms with van der Waals surface area (Å²) >= 11 is 0. The van der Waals surface area contributed by atoms with Gasteiger partial charge in [-0.25, -0.2) is 0 Å². The van der Waals surface area contributed by atoms with Gasteiger partial charge in [-0.3, -0.25) is 9.78 Å². The van der Waals surface area contributed by atoms with E-state index >= 15 is 0 Å². The second kappa shape index (κ2) is 8.01. The number of aryl methyl sites for hydroxylation is 1. The summed E-state index contributed by atoms with van der Waals surface area (Å²) in [5.41, 5.74) is 2.21. The van der Waals surface area contributed by atoms with E-state index in [1.807, 2.05) is 41.4 Å². The van der Waals surface area contributed by atoms with Gasteiger partial charge in [-0.1, -0.05) is 6.07 Å². The third kappa shape index (κ3) is 4.10. The summed E-state index contributed by atoms with van der Waals surface area (Å²) in [6, 6.07) is 9.76. The molecule has 0 spiro atoms. The Labute approximate surface area is 148 Å². The molecule has 1 atom stereocenters. The number of amides is 1. The maximum atomic E-state index is 12.5. The smallest absolute Gasteiger partial charge is 0.222 e. The van der Waals surface area contributed by atoms with Gasteiger partial charge in [0, 0.05) is 43.4 Å². The Morgan fingerprint density at radius 2 is 2.16 bits per heavy atom. The second-order valence-corrected chi connectivity index (χ2v) is 6.29. The van der Waals surface area contributed by atoms with Crippen molar-refractivity contribution in [3.8, 4) is 11.5 Å². The number of aromatic nitrogens is 1. The fourth-order valence-electron chi connectivity index (χ4n) is 3.35. The molecular formula is C20H24N2O3. The van der Waals surface area contributed by atoms with Gasteiger partial charge >= 0.3 is 0 Å². The van der Waals surface area contributed by atoms with Gasteiger partial charge < -0.3 is 14.4 Å². The van der Waals surface area contributed by atoms with E-state index in [-0.39, 0.29) is 11.8 Å². The standard InChI is InChI=1S/C20H24N2O3/c1-24-17-6-7-19(25-2)18(12-17)16-9-11-22(14-16)20(23)8-5-15-4-3-10-21-13-15/h3-4,6-7,10,12-13,16H,5,8-9,11,14H2,1-2H3/t16-/m0/s1. The monoisotopic (exact) mass is 340 g/mol. The highest BCUT2D eigenvalue weighted by atomic mass is 16.5. The SMILES string of the molecule is COc1ccc(OC)c([C@H]2CCN(C(=O)CCc3cccnc3)C2)c1. The minimum absolute atomic E-state index is 0.202. The topological polar surface area (TPSA) is 51.7 Å². The molecule has 0 unspecified atom stereocenters. The van der Waals surface area contributed by atoms with Crippen LogP contribution in [-0.4, -0.2) is 43.1 Å². The van der Waals surface area contributed by atoms with Crippen molar-refractivity contribution < 1.29 is 14.3 Å². The fourth-order valence-corrected chi connectivity index (χ4v) is 3.35. The summed E-state index contributed by atoms with van der Waals surface area (Å²) in [5.74, 6) is 2.16. The molecule has 25 heavy (non-hydrogen) atoms. The van der Waals surface area contributed by atoms with Crippen molar-refractivity contribution in [3.05, 3.63) is 53.9 Å². The molecule has 132 valence electrons. The number of carbonyl (C=O) groups is 1. The number of nitrogens with zero attached hydrogens (tertiary/aromatic N) is 2. The molecular weight excluding hydrogens is 316 g/mol. The first-order chi connectivity index (χ1) is 12.2. The van der Waals surface area contributed by atoms with Crippen molar-refractivity contribution in [2.24, 2.45) is 0 Å². The first kappa shape index (κ1) is 17.3. The van der Waals surface area contributed by atoms with Gasteiger partial charge in [0.05, 0.1) is 14.2 Å². The Kier molecular flexibility index (Phi) is 5.53. The van der Waals surface area contributed by atoms with Crippen LogP contribution in [0.5, 0.6) is 11.5 Å². The largest absolute Gasteiger partial charge is 0.497 e. The van der Waals surface area contributed by atoms with E-state index in [9.17, 15) is 4.79 Å². The number of benzene rings is 1. The van der Waals surface area contributed by atoms with E-state index in [0.29, 0.717) is 6.42 Å². The van der Waals surface area contributed by atoms with Crippen LogP contribution in [0.3, 0.4) is 0 Å². The third-order valence-corrected chi connectivity index (χ3v) is 4.77. The van der Waals surface area contributed by atoms with Crippen molar-refractivity contribution in [2.75, 3.05) is 27.3 Å². The summed E-state index contributed by atoms with van der Waals surface area (Å²) in [7, 11) is 3.34. The van der Waals surface area contributed by atoms with Crippen LogP contribution >= 0.6 is 0 Å². The molecule has 1 saturated heterocycles. The number of carbonyl (C=O) groups excluding carboxylic acids is 1. The van der Waals surface area contributed by atoms with Crippen LogP contribution in [0, 0.1) is 0 Å². The zero-order chi connectivity index (χ0) is 17.6. The van der Waals surface area contributed by atoms with E-state index < -0.39 is 0 Å². The number of pyridine rings is 1. The van der Waals surface area contributed by atoms with E-state index in [1.54, 1.807) is 20.4 Å². The van der Waals surface area contributed by atoms with E-state index in [0.717, 1.165) is 48.6 Å². The number of hydrogen-bond acceptors (Lipinski definition) is 4. The third-order valence-electron chi connectivity index (χ3n) is 4.77. The van der Waals surface area contributed by atoms with Gasteiger partial charge in [0.2, 0.25) is 5.91 Å². The van der Waals surface area contributed by atoms with Gasteiger partial charge in [0.1, 0.15) is 11.5 Å². The van der Waals surface area contributed by atoms with Gasteiger partial charge in [-0.2, -0.15) is 0 Å². The normalized spacial score (nSPS) is 16.7. The first-order valence-electron chi connectivity index (χ1n) is 8.60. The highest BCUT2D eigenvalue weighted by Crippen LogP contribution is 2.36. The van der Waals surface area contributed by atoms with E-state index in [2.05, 4.69) is 4.98 Å². The molecule has 5 heteroatoms. The van der Waals surface area contributed by atoms with Crippen LogP contribution < -0.4 is 9.47 Å². The molecule has 1 aromatic heterocycles. The molecule has 0 bridgehead atoms. The minimum atomic E-state index is 0.202. The van der Waals surface area contributed by atoms with Crippen LogP contribution in [0.1, 0.15) is 29.9 Å². The predicted molar refractivity (Wildman–Crippen MR) is 96.0 cm³/mol. The van der Waals surface area contributed by atoms with Crippen molar-refractivity contribution in [3.63, 3.8) is 0 Å². The molecule has 1 aliphatic heterocycles. The Balaban J connectivity index is 1.62. The molecule has 2 aromatic rings. The average molecular weight is 340 g/mol. The molecule has 1 amide bonds. The van der Waals surface area contributed by atoms with Gasteiger partial charge in [0.25, 0.3) is 0 Å². The lowest BCUT2D eigenvalue weighted by atomic mass is 9.97. The quantitative estimate of drug-likeness (QED) is 0.811. The molecule has 0 saturated carbocycles. The zero-order valence-electron chi connectivity index (χ0n) is 14.8. The van der Waals surface area contributed by atoms with Crippen LogP contribution in [0.2, 0.25) is 0 Å². The van der Waals surface area contributed by atoms with Crippen molar-refractivity contribution in [2.45, 2.75) is 25.2 Å². The van der Waals surface area contributed by atoms with Crippen LogP contribution in [0.15, 0.2) is 42.7 Å². The summed E-state index contributed by atoms with van der Waals surface area (Å²) in [5, 5.41) is 0. The van der Waals surface area contributed by atoms with Crippen LogP contribution in [-0.2, 0) is 11.2 Å². The molecule has 1 aliphatic rings. The molecule has 0 aliphatic carbocycles. The molecule has 0 radical (unpaired) electrons. The predicted octanol–water partition coefficient (Wildman–Crippen LogP) is 3.05. The number of rotatable bonds is 6. The lowest BCUT2D eigenvalue weighted by Crippen LogP contribution is -2.28. The fraction of sp³-hybridized carbons (Fsp3) is 0.400. The lowest BCUT2D eigenvalue weighted by Gasteiger charge is -2.18.